The molecule has 0 fully saturated rings. The summed E-state index contributed by atoms with van der Waals surface area (Å²) in [5.74, 6) is -0.0705. The maximum atomic E-state index is 11.0. The Labute approximate surface area is 80.0 Å². The molecular weight excluding hydrogens is 166 g/mol. The summed E-state index contributed by atoms with van der Waals surface area (Å²) in [6, 6.07) is -0.399. The minimum atomic E-state index is -0.399. The summed E-state index contributed by atoms with van der Waals surface area (Å²) in [5, 5.41) is 2.76. The van der Waals surface area contributed by atoms with E-state index in [0.29, 0.717) is 0 Å². The standard InChI is InChI=1S/C9H21N3O/c1-8(11)9(13)12-7-5-3-2-4-6-10/h8H,2-7,10-11H2,1H3,(H,12,13)/t8-/m0/s1. The molecule has 4 nitrogen and oxygen atoms in total. The molecule has 0 aromatic heterocycles. The highest BCUT2D eigenvalue weighted by molar-refractivity contribution is 5.80. The summed E-state index contributed by atoms with van der Waals surface area (Å²) in [4.78, 5) is 11.0. The van der Waals surface area contributed by atoms with Gasteiger partial charge in [0.2, 0.25) is 5.91 Å². The molecule has 5 N–H and O–H groups in total. The first-order chi connectivity index (χ1) is 6.18. The molecule has 0 aliphatic rings. The van der Waals surface area contributed by atoms with E-state index in [2.05, 4.69) is 5.32 Å². The van der Waals surface area contributed by atoms with Crippen molar-refractivity contribution in [2.75, 3.05) is 13.1 Å². The normalized spacial score (nSPS) is 12.5. The molecule has 13 heavy (non-hydrogen) atoms. The minimum absolute atomic E-state index is 0.0705. The number of nitrogens with one attached hydrogen (secondary N) is 1. The van der Waals surface area contributed by atoms with Gasteiger partial charge in [0.05, 0.1) is 6.04 Å². The van der Waals surface area contributed by atoms with Gasteiger partial charge in [0.15, 0.2) is 0 Å². The SMILES string of the molecule is C[C@H](N)C(=O)NCCCCCCN. The first-order valence-corrected chi connectivity index (χ1v) is 4.92. The Morgan fingerprint density at radius 3 is 2.46 bits per heavy atom. The molecule has 0 spiro atoms. The Kier molecular flexibility index (Phi) is 7.63. The lowest BCUT2D eigenvalue weighted by Gasteiger charge is -2.06. The van der Waals surface area contributed by atoms with Gasteiger partial charge in [-0.15, -0.1) is 0 Å². The highest BCUT2D eigenvalue weighted by Crippen LogP contribution is 1.96. The molecule has 0 aliphatic carbocycles. The van der Waals surface area contributed by atoms with Gasteiger partial charge in [-0.05, 0) is 26.3 Å². The van der Waals surface area contributed by atoms with Crippen LogP contribution in [0.4, 0.5) is 0 Å². The molecule has 4 heteroatoms. The van der Waals surface area contributed by atoms with Crippen molar-refractivity contribution in [1.82, 2.24) is 5.32 Å². The lowest BCUT2D eigenvalue weighted by atomic mass is 10.2. The number of amides is 1. The van der Waals surface area contributed by atoms with Gasteiger partial charge in [0.25, 0.3) is 0 Å². The van der Waals surface area contributed by atoms with Gasteiger partial charge >= 0.3 is 0 Å². The van der Waals surface area contributed by atoms with E-state index in [1.807, 2.05) is 0 Å². The highest BCUT2D eigenvalue weighted by atomic mass is 16.2. The van der Waals surface area contributed by atoms with Crippen LogP contribution < -0.4 is 16.8 Å². The van der Waals surface area contributed by atoms with Gasteiger partial charge in [0.1, 0.15) is 0 Å². The summed E-state index contributed by atoms with van der Waals surface area (Å²) in [5.41, 5.74) is 10.7. The fourth-order valence-corrected chi connectivity index (χ4v) is 0.995. The summed E-state index contributed by atoms with van der Waals surface area (Å²) < 4.78 is 0. The Bertz CT molecular complexity index is 137. The molecule has 1 atom stereocenters. The van der Waals surface area contributed by atoms with Crippen molar-refractivity contribution in [2.24, 2.45) is 11.5 Å². The van der Waals surface area contributed by atoms with Crippen molar-refractivity contribution < 1.29 is 4.79 Å². The zero-order chi connectivity index (χ0) is 10.1. The second-order valence-electron chi connectivity index (χ2n) is 3.28. The van der Waals surface area contributed by atoms with Crippen molar-refractivity contribution in [3.05, 3.63) is 0 Å². The number of nitrogens with two attached hydrogens (primary N) is 2. The molecule has 0 unspecified atom stereocenters. The smallest absolute Gasteiger partial charge is 0.236 e. The van der Waals surface area contributed by atoms with Gasteiger partial charge in [-0.3, -0.25) is 4.79 Å². The number of hydrogen-bond acceptors (Lipinski definition) is 3. The summed E-state index contributed by atoms with van der Waals surface area (Å²) in [6.45, 7) is 3.17. The molecule has 78 valence electrons. The molecule has 0 aromatic rings. The van der Waals surface area contributed by atoms with Gasteiger partial charge in [-0.1, -0.05) is 12.8 Å². The van der Waals surface area contributed by atoms with E-state index >= 15 is 0 Å². The Morgan fingerprint density at radius 2 is 1.92 bits per heavy atom. The van der Waals surface area contributed by atoms with Crippen LogP contribution in [-0.4, -0.2) is 25.0 Å². The Morgan fingerprint density at radius 1 is 1.31 bits per heavy atom. The van der Waals surface area contributed by atoms with Gasteiger partial charge < -0.3 is 16.8 Å². The van der Waals surface area contributed by atoms with E-state index in [1.54, 1.807) is 6.92 Å². The molecule has 0 bridgehead atoms. The molecule has 0 aromatic carbocycles. The van der Waals surface area contributed by atoms with Crippen LogP contribution in [0, 0.1) is 0 Å². The van der Waals surface area contributed by atoms with Crippen LogP contribution in [0.1, 0.15) is 32.6 Å². The van der Waals surface area contributed by atoms with E-state index < -0.39 is 6.04 Å². The predicted molar refractivity (Wildman–Crippen MR) is 54.2 cm³/mol. The fraction of sp³-hybridized carbons (Fsp3) is 0.889. The monoisotopic (exact) mass is 187 g/mol. The molecule has 0 saturated heterocycles. The van der Waals surface area contributed by atoms with Crippen LogP contribution in [0.15, 0.2) is 0 Å². The van der Waals surface area contributed by atoms with Crippen LogP contribution in [0.2, 0.25) is 0 Å². The molecule has 0 radical (unpaired) electrons. The van der Waals surface area contributed by atoms with E-state index in [-0.39, 0.29) is 5.91 Å². The van der Waals surface area contributed by atoms with E-state index in [4.69, 9.17) is 11.5 Å². The zero-order valence-electron chi connectivity index (χ0n) is 8.38. The summed E-state index contributed by atoms with van der Waals surface area (Å²) in [7, 11) is 0. The number of unbranched alkanes of at least 4 members (excludes halogenated alkanes) is 3. The fourth-order valence-electron chi connectivity index (χ4n) is 0.995. The van der Waals surface area contributed by atoms with Crippen molar-refractivity contribution in [3.63, 3.8) is 0 Å². The first-order valence-electron chi connectivity index (χ1n) is 4.92. The van der Waals surface area contributed by atoms with Crippen LogP contribution in [-0.2, 0) is 4.79 Å². The van der Waals surface area contributed by atoms with Crippen LogP contribution >= 0.6 is 0 Å². The predicted octanol–water partition coefficient (Wildman–Crippen LogP) is -0.0311. The summed E-state index contributed by atoms with van der Waals surface area (Å²) in [6.07, 6.45) is 4.35. The van der Waals surface area contributed by atoms with Crippen molar-refractivity contribution in [3.8, 4) is 0 Å². The third-order valence-corrected chi connectivity index (χ3v) is 1.84. The highest BCUT2D eigenvalue weighted by Gasteiger charge is 2.04. The molecule has 0 heterocycles. The van der Waals surface area contributed by atoms with E-state index in [1.165, 1.54) is 0 Å². The van der Waals surface area contributed by atoms with Gasteiger partial charge in [-0.2, -0.15) is 0 Å². The van der Waals surface area contributed by atoms with Crippen LogP contribution in [0.25, 0.3) is 0 Å². The van der Waals surface area contributed by atoms with E-state index in [0.717, 1.165) is 38.8 Å². The van der Waals surface area contributed by atoms with E-state index in [9.17, 15) is 4.79 Å². The van der Waals surface area contributed by atoms with Crippen LogP contribution in [0.3, 0.4) is 0 Å². The van der Waals surface area contributed by atoms with Crippen molar-refractivity contribution in [1.29, 1.82) is 0 Å². The quantitative estimate of drug-likeness (QED) is 0.489. The topological polar surface area (TPSA) is 81.1 Å². The number of carbonyl (C=O) groups excluding carboxylic acids is 1. The van der Waals surface area contributed by atoms with Gasteiger partial charge in [0, 0.05) is 6.54 Å². The zero-order valence-corrected chi connectivity index (χ0v) is 8.38. The maximum absolute atomic E-state index is 11.0. The lowest BCUT2D eigenvalue weighted by Crippen LogP contribution is -2.38. The van der Waals surface area contributed by atoms with Crippen molar-refractivity contribution >= 4 is 5.91 Å². The van der Waals surface area contributed by atoms with Crippen LogP contribution in [0.5, 0.6) is 0 Å². The number of carbonyl (C=O) groups is 1. The second-order valence-corrected chi connectivity index (χ2v) is 3.28. The van der Waals surface area contributed by atoms with Crippen molar-refractivity contribution in [2.45, 2.75) is 38.6 Å². The Balaban J connectivity index is 3.12. The second kappa shape index (κ2) is 8.01. The molecular formula is C9H21N3O. The average Bonchev–Trinajstić information content (AvgIpc) is 2.10. The molecule has 1 amide bonds. The molecule has 0 aliphatic heterocycles. The average molecular weight is 187 g/mol. The Hall–Kier alpha value is -0.610. The third kappa shape index (κ3) is 7.74. The minimum Gasteiger partial charge on any atom is -0.355 e. The van der Waals surface area contributed by atoms with Gasteiger partial charge in [-0.25, -0.2) is 0 Å². The largest absolute Gasteiger partial charge is 0.355 e. The number of hydrogen-bond donors (Lipinski definition) is 3. The molecule has 0 rings (SSSR count). The third-order valence-electron chi connectivity index (χ3n) is 1.84. The first kappa shape index (κ1) is 12.4. The number of rotatable bonds is 7. The molecule has 0 saturated carbocycles. The summed E-state index contributed by atoms with van der Waals surface area (Å²) >= 11 is 0. The maximum Gasteiger partial charge on any atom is 0.236 e. The lowest BCUT2D eigenvalue weighted by molar-refractivity contribution is -0.121.